The number of ether oxygens (including phenoxy) is 1. The van der Waals surface area contributed by atoms with Gasteiger partial charge in [-0.15, -0.1) is 0 Å². The van der Waals surface area contributed by atoms with Gasteiger partial charge >= 0.3 is 6.09 Å². The van der Waals surface area contributed by atoms with Crippen molar-refractivity contribution in [3.63, 3.8) is 0 Å². The van der Waals surface area contributed by atoms with Crippen LogP contribution in [0.2, 0.25) is 0 Å². The summed E-state index contributed by atoms with van der Waals surface area (Å²) in [7, 11) is 0. The second-order valence-corrected chi connectivity index (χ2v) is 9.76. The standard InChI is InChI=1S/C23H29FN2O5/c1-12(2)23(16-11-18(27)25(13(3)4)19(16)28)15-10-14(24)8-9-17(15)26(20(23)29)21(30)31-22(5,6)7/h8-10,12-13,16H,11H2,1-7H3/t16-,23?/m1/s1. The van der Waals surface area contributed by atoms with E-state index in [1.54, 1.807) is 48.5 Å². The van der Waals surface area contributed by atoms with Gasteiger partial charge in [-0.3, -0.25) is 19.3 Å². The molecule has 0 radical (unpaired) electrons. The summed E-state index contributed by atoms with van der Waals surface area (Å²) in [6.07, 6.45) is -1.08. The first-order chi connectivity index (χ1) is 14.2. The lowest BCUT2D eigenvalue weighted by molar-refractivity contribution is -0.144. The molecule has 1 aromatic carbocycles. The van der Waals surface area contributed by atoms with Gasteiger partial charge in [-0.05, 0) is 64.3 Å². The van der Waals surface area contributed by atoms with E-state index in [-0.39, 0.29) is 29.6 Å². The van der Waals surface area contributed by atoms with Crippen molar-refractivity contribution >= 4 is 29.5 Å². The second kappa shape index (κ2) is 7.43. The van der Waals surface area contributed by atoms with E-state index < -0.39 is 46.6 Å². The highest BCUT2D eigenvalue weighted by atomic mass is 19.1. The molecule has 4 amide bonds. The van der Waals surface area contributed by atoms with E-state index in [9.17, 15) is 23.6 Å². The predicted molar refractivity (Wildman–Crippen MR) is 112 cm³/mol. The fourth-order valence-electron chi connectivity index (χ4n) is 4.78. The highest BCUT2D eigenvalue weighted by molar-refractivity contribution is 6.23. The Labute approximate surface area is 181 Å². The largest absolute Gasteiger partial charge is 0.443 e. The Bertz CT molecular complexity index is 965. The number of hydrogen-bond donors (Lipinski definition) is 0. The Kier molecular flexibility index (Phi) is 5.49. The Morgan fingerprint density at radius 3 is 2.26 bits per heavy atom. The molecule has 2 heterocycles. The smallest absolute Gasteiger partial charge is 0.421 e. The zero-order valence-electron chi connectivity index (χ0n) is 19.0. The third kappa shape index (κ3) is 3.42. The van der Waals surface area contributed by atoms with Gasteiger partial charge in [0.15, 0.2) is 0 Å². The van der Waals surface area contributed by atoms with Gasteiger partial charge < -0.3 is 4.74 Å². The fraction of sp³-hybridized carbons (Fsp3) is 0.565. The minimum Gasteiger partial charge on any atom is -0.443 e. The zero-order chi connectivity index (χ0) is 23.5. The van der Waals surface area contributed by atoms with Crippen LogP contribution in [0.5, 0.6) is 0 Å². The minimum absolute atomic E-state index is 0.178. The summed E-state index contributed by atoms with van der Waals surface area (Å²) < 4.78 is 19.8. The number of likely N-dealkylation sites (tertiary alicyclic amines) is 1. The number of rotatable bonds is 3. The molecule has 31 heavy (non-hydrogen) atoms. The molecule has 7 nitrogen and oxygen atoms in total. The van der Waals surface area contributed by atoms with Crippen molar-refractivity contribution in [2.45, 2.75) is 71.9 Å². The van der Waals surface area contributed by atoms with Crippen molar-refractivity contribution in [2.24, 2.45) is 11.8 Å². The van der Waals surface area contributed by atoms with Gasteiger partial charge in [-0.25, -0.2) is 14.1 Å². The number of carbonyl (C=O) groups is 4. The Morgan fingerprint density at radius 2 is 1.77 bits per heavy atom. The van der Waals surface area contributed by atoms with Gasteiger partial charge in [0.05, 0.1) is 17.0 Å². The van der Waals surface area contributed by atoms with Crippen LogP contribution in [0.3, 0.4) is 0 Å². The summed E-state index contributed by atoms with van der Waals surface area (Å²) in [6, 6.07) is 3.31. The lowest BCUT2D eigenvalue weighted by Crippen LogP contribution is -2.53. The molecule has 3 rings (SSSR count). The van der Waals surface area contributed by atoms with E-state index in [0.717, 1.165) is 15.9 Å². The molecule has 168 valence electrons. The molecule has 1 fully saturated rings. The third-order valence-corrected chi connectivity index (χ3v) is 5.94. The zero-order valence-corrected chi connectivity index (χ0v) is 19.0. The Morgan fingerprint density at radius 1 is 1.16 bits per heavy atom. The van der Waals surface area contributed by atoms with Crippen molar-refractivity contribution in [3.05, 3.63) is 29.6 Å². The molecule has 1 saturated heterocycles. The maximum absolute atomic E-state index is 14.4. The van der Waals surface area contributed by atoms with Gasteiger partial charge in [0.2, 0.25) is 17.7 Å². The predicted octanol–water partition coefficient (Wildman–Crippen LogP) is 3.78. The first kappa shape index (κ1) is 22.9. The molecule has 0 spiro atoms. The van der Waals surface area contributed by atoms with E-state index >= 15 is 0 Å². The van der Waals surface area contributed by atoms with E-state index in [4.69, 9.17) is 4.74 Å². The Hall–Kier alpha value is -2.77. The minimum atomic E-state index is -1.56. The van der Waals surface area contributed by atoms with Crippen molar-refractivity contribution in [1.29, 1.82) is 0 Å². The van der Waals surface area contributed by atoms with Gasteiger partial charge in [0, 0.05) is 12.5 Å². The number of benzene rings is 1. The first-order valence-corrected chi connectivity index (χ1v) is 10.5. The van der Waals surface area contributed by atoms with E-state index in [0.29, 0.717) is 0 Å². The van der Waals surface area contributed by atoms with Gasteiger partial charge in [0.25, 0.3) is 0 Å². The highest BCUT2D eigenvalue weighted by Gasteiger charge is 2.64. The van der Waals surface area contributed by atoms with Gasteiger partial charge in [0.1, 0.15) is 11.4 Å². The summed E-state index contributed by atoms with van der Waals surface area (Å²) in [6.45, 7) is 11.9. The number of anilines is 1. The second-order valence-electron chi connectivity index (χ2n) is 9.76. The van der Waals surface area contributed by atoms with Crippen molar-refractivity contribution < 1.29 is 28.3 Å². The Balaban J connectivity index is 2.23. The van der Waals surface area contributed by atoms with Crippen molar-refractivity contribution in [3.8, 4) is 0 Å². The van der Waals surface area contributed by atoms with Crippen LogP contribution in [-0.2, 0) is 24.5 Å². The lowest BCUT2D eigenvalue weighted by atomic mass is 9.63. The molecule has 2 aliphatic heterocycles. The average molecular weight is 432 g/mol. The van der Waals surface area contributed by atoms with Crippen molar-refractivity contribution in [1.82, 2.24) is 4.90 Å². The normalized spacial score (nSPS) is 23.9. The summed E-state index contributed by atoms with van der Waals surface area (Å²) >= 11 is 0. The third-order valence-electron chi connectivity index (χ3n) is 5.94. The van der Waals surface area contributed by atoms with Crippen LogP contribution in [-0.4, -0.2) is 40.4 Å². The SMILES string of the molecule is CC(C)N1C(=O)C[C@@H](C2(C(C)C)C(=O)N(C(=O)OC(C)(C)C)c3ccc(F)cc32)C1=O. The van der Waals surface area contributed by atoms with E-state index in [2.05, 4.69) is 0 Å². The van der Waals surface area contributed by atoms with Crippen molar-refractivity contribution in [2.75, 3.05) is 4.90 Å². The molecule has 2 atom stereocenters. The molecular formula is C23H29FN2O5. The van der Waals surface area contributed by atoms with Crippen LogP contribution in [0.15, 0.2) is 18.2 Å². The monoisotopic (exact) mass is 432 g/mol. The quantitative estimate of drug-likeness (QED) is 0.679. The summed E-state index contributed by atoms with van der Waals surface area (Å²) in [5, 5.41) is 0. The molecule has 0 bridgehead atoms. The summed E-state index contributed by atoms with van der Waals surface area (Å²) in [5.74, 6) is -3.67. The topological polar surface area (TPSA) is 84.0 Å². The molecule has 0 saturated carbocycles. The van der Waals surface area contributed by atoms with Crippen LogP contribution < -0.4 is 4.90 Å². The fourth-order valence-corrected chi connectivity index (χ4v) is 4.78. The molecule has 2 aliphatic rings. The molecule has 8 heteroatoms. The summed E-state index contributed by atoms with van der Waals surface area (Å²) in [4.78, 5) is 54.9. The molecule has 1 aromatic rings. The number of halogens is 1. The maximum Gasteiger partial charge on any atom is 0.421 e. The summed E-state index contributed by atoms with van der Waals surface area (Å²) in [5.41, 5.74) is -2.02. The van der Waals surface area contributed by atoms with Crippen LogP contribution in [0.4, 0.5) is 14.9 Å². The molecule has 0 N–H and O–H groups in total. The number of carbonyl (C=O) groups excluding carboxylic acids is 4. The van der Waals surface area contributed by atoms with Gasteiger partial charge in [-0.2, -0.15) is 0 Å². The van der Waals surface area contributed by atoms with Gasteiger partial charge in [-0.1, -0.05) is 13.8 Å². The number of hydrogen-bond acceptors (Lipinski definition) is 5. The van der Waals surface area contributed by atoms with E-state index in [1.807, 2.05) is 0 Å². The highest BCUT2D eigenvalue weighted by Crippen LogP contribution is 2.54. The number of amides is 4. The molecular weight excluding hydrogens is 403 g/mol. The average Bonchev–Trinajstić information content (AvgIpc) is 3.04. The van der Waals surface area contributed by atoms with E-state index in [1.165, 1.54) is 12.1 Å². The van der Waals surface area contributed by atoms with Crippen LogP contribution >= 0.6 is 0 Å². The molecule has 0 aliphatic carbocycles. The first-order valence-electron chi connectivity index (χ1n) is 10.5. The van der Waals surface area contributed by atoms with Crippen LogP contribution in [0.25, 0.3) is 0 Å². The number of nitrogens with zero attached hydrogens (tertiary/aromatic N) is 2. The lowest BCUT2D eigenvalue weighted by Gasteiger charge is -2.37. The molecule has 0 aromatic heterocycles. The molecule has 1 unspecified atom stereocenters. The van der Waals surface area contributed by atoms with Crippen LogP contribution in [0, 0.1) is 17.7 Å². The number of imide groups is 2. The number of fused-ring (bicyclic) bond motifs is 1. The maximum atomic E-state index is 14.4. The van der Waals surface area contributed by atoms with Crippen LogP contribution in [0.1, 0.15) is 60.5 Å².